The Balaban J connectivity index is 2.06. The Labute approximate surface area is 139 Å². The second kappa shape index (κ2) is 8.01. The Hall–Kier alpha value is -2.02. The van der Waals surface area contributed by atoms with E-state index in [-0.39, 0.29) is 18.4 Å². The molecule has 1 aromatic carbocycles. The number of carbonyl (C=O) groups is 3. The Morgan fingerprint density at radius 1 is 1.30 bits per heavy atom. The van der Waals surface area contributed by atoms with E-state index in [2.05, 4.69) is 0 Å². The van der Waals surface area contributed by atoms with E-state index < -0.39 is 12.0 Å². The van der Waals surface area contributed by atoms with Gasteiger partial charge in [0.2, 0.25) is 11.8 Å². The molecular weight excluding hydrogens is 316 g/mol. The van der Waals surface area contributed by atoms with Crippen LogP contribution in [-0.2, 0) is 20.8 Å². The number of thioether (sulfide) groups is 1. The minimum absolute atomic E-state index is 0.160. The highest BCUT2D eigenvalue weighted by Gasteiger charge is 2.36. The van der Waals surface area contributed by atoms with Crippen molar-refractivity contribution in [3.8, 4) is 0 Å². The molecule has 124 valence electrons. The van der Waals surface area contributed by atoms with Crippen LogP contribution in [0.1, 0.15) is 12.5 Å². The van der Waals surface area contributed by atoms with Crippen LogP contribution in [0.2, 0.25) is 0 Å². The summed E-state index contributed by atoms with van der Waals surface area (Å²) in [5.41, 5.74) is 1.04. The van der Waals surface area contributed by atoms with Crippen LogP contribution in [0.5, 0.6) is 0 Å². The van der Waals surface area contributed by atoms with Gasteiger partial charge in [-0.05, 0) is 12.0 Å². The largest absolute Gasteiger partial charge is 0.480 e. The molecule has 1 atom stereocenters. The smallest absolute Gasteiger partial charge is 0.323 e. The topological polar surface area (TPSA) is 77.9 Å². The molecule has 1 heterocycles. The number of nitrogens with zero attached hydrogens (tertiary/aromatic N) is 2. The predicted octanol–water partition coefficient (Wildman–Crippen LogP) is 1.06. The summed E-state index contributed by atoms with van der Waals surface area (Å²) in [6.45, 7) is 1.40. The van der Waals surface area contributed by atoms with Gasteiger partial charge in [0, 0.05) is 19.2 Å². The first-order chi connectivity index (χ1) is 11.0. The van der Waals surface area contributed by atoms with Crippen LogP contribution < -0.4 is 0 Å². The summed E-state index contributed by atoms with van der Waals surface area (Å²) in [4.78, 5) is 38.2. The van der Waals surface area contributed by atoms with Crippen molar-refractivity contribution >= 4 is 29.5 Å². The van der Waals surface area contributed by atoms with Crippen molar-refractivity contribution in [2.45, 2.75) is 19.4 Å². The quantitative estimate of drug-likeness (QED) is 0.840. The summed E-state index contributed by atoms with van der Waals surface area (Å²) in [7, 11) is 0. The minimum Gasteiger partial charge on any atom is -0.480 e. The Morgan fingerprint density at radius 2 is 2.00 bits per heavy atom. The van der Waals surface area contributed by atoms with Crippen molar-refractivity contribution in [2.75, 3.05) is 24.7 Å². The zero-order chi connectivity index (χ0) is 16.8. The summed E-state index contributed by atoms with van der Waals surface area (Å²) in [5.74, 6) is -0.507. The highest BCUT2D eigenvalue weighted by atomic mass is 32.2. The Kier molecular flexibility index (Phi) is 6.04. The molecule has 1 aliphatic heterocycles. The third kappa shape index (κ3) is 4.72. The van der Waals surface area contributed by atoms with Gasteiger partial charge >= 0.3 is 5.97 Å². The summed E-state index contributed by atoms with van der Waals surface area (Å²) < 4.78 is 0. The minimum atomic E-state index is -1.05. The molecule has 0 spiro atoms. The van der Waals surface area contributed by atoms with Gasteiger partial charge in [-0.3, -0.25) is 14.4 Å². The molecule has 0 radical (unpaired) electrons. The third-order valence-electron chi connectivity index (χ3n) is 3.72. The number of benzene rings is 1. The number of hydrogen-bond donors (Lipinski definition) is 1. The molecule has 2 amide bonds. The maximum atomic E-state index is 12.7. The van der Waals surface area contributed by atoms with Gasteiger partial charge in [-0.25, -0.2) is 0 Å². The lowest BCUT2D eigenvalue weighted by atomic mass is 10.1. The van der Waals surface area contributed by atoms with E-state index in [1.54, 1.807) is 0 Å². The summed E-state index contributed by atoms with van der Waals surface area (Å²) in [5, 5.41) is 9.07. The summed E-state index contributed by atoms with van der Waals surface area (Å²) in [6, 6.07) is 9.04. The molecule has 0 unspecified atom stereocenters. The molecule has 6 nitrogen and oxygen atoms in total. The Morgan fingerprint density at radius 3 is 2.61 bits per heavy atom. The molecule has 0 saturated carbocycles. The fourth-order valence-electron chi connectivity index (χ4n) is 2.51. The zero-order valence-corrected chi connectivity index (χ0v) is 13.8. The number of hydrogen-bond acceptors (Lipinski definition) is 4. The van der Waals surface area contributed by atoms with Gasteiger partial charge in [0.1, 0.15) is 12.6 Å². The van der Waals surface area contributed by atoms with E-state index in [0.717, 1.165) is 5.56 Å². The number of rotatable bonds is 6. The molecule has 1 aromatic rings. The van der Waals surface area contributed by atoms with Crippen molar-refractivity contribution in [3.63, 3.8) is 0 Å². The number of carboxylic acids is 1. The van der Waals surface area contributed by atoms with E-state index in [1.807, 2.05) is 30.3 Å². The molecule has 0 bridgehead atoms. The van der Waals surface area contributed by atoms with Crippen LogP contribution >= 0.6 is 11.8 Å². The van der Waals surface area contributed by atoms with Gasteiger partial charge in [0.05, 0.1) is 5.88 Å². The van der Waals surface area contributed by atoms with E-state index in [4.69, 9.17) is 5.11 Å². The summed E-state index contributed by atoms with van der Waals surface area (Å²) >= 11 is 1.51. The van der Waals surface area contributed by atoms with Gasteiger partial charge in [-0.15, -0.1) is 11.8 Å². The third-order valence-corrected chi connectivity index (χ3v) is 4.74. The van der Waals surface area contributed by atoms with Crippen LogP contribution in [-0.4, -0.2) is 63.5 Å². The molecule has 1 N–H and O–H groups in total. The number of amides is 2. The van der Waals surface area contributed by atoms with Crippen molar-refractivity contribution in [2.24, 2.45) is 0 Å². The standard InChI is InChI=1S/C16H20N2O4S/c1-12(19)18-11-23-10-14(18)16(22)17(9-15(20)21)8-7-13-5-3-2-4-6-13/h2-6,14H,7-11H2,1H3,(H,20,21)/t14-/m0/s1. The van der Waals surface area contributed by atoms with Crippen LogP contribution in [0.3, 0.4) is 0 Å². The number of aliphatic carboxylic acids is 1. The average Bonchev–Trinajstić information content (AvgIpc) is 3.01. The van der Waals surface area contributed by atoms with E-state index in [9.17, 15) is 14.4 Å². The number of carboxylic acid groups (broad SMARTS) is 1. The van der Waals surface area contributed by atoms with Gasteiger partial charge in [0.25, 0.3) is 0 Å². The van der Waals surface area contributed by atoms with Gasteiger partial charge in [-0.1, -0.05) is 30.3 Å². The van der Waals surface area contributed by atoms with Gasteiger partial charge < -0.3 is 14.9 Å². The average molecular weight is 336 g/mol. The highest BCUT2D eigenvalue weighted by Crippen LogP contribution is 2.22. The van der Waals surface area contributed by atoms with Crippen molar-refractivity contribution < 1.29 is 19.5 Å². The molecule has 7 heteroatoms. The first-order valence-corrected chi connectivity index (χ1v) is 8.54. The molecule has 0 aliphatic carbocycles. The van der Waals surface area contributed by atoms with Crippen molar-refractivity contribution in [3.05, 3.63) is 35.9 Å². The SMILES string of the molecule is CC(=O)N1CSC[C@H]1C(=O)N(CCc1ccccc1)CC(=O)O. The maximum Gasteiger partial charge on any atom is 0.323 e. The predicted molar refractivity (Wildman–Crippen MR) is 88.0 cm³/mol. The first kappa shape index (κ1) is 17.3. The lowest BCUT2D eigenvalue weighted by molar-refractivity contribution is -0.148. The molecule has 1 fully saturated rings. The lowest BCUT2D eigenvalue weighted by Gasteiger charge is -2.28. The molecule has 1 saturated heterocycles. The molecular formula is C16H20N2O4S. The van der Waals surface area contributed by atoms with E-state index >= 15 is 0 Å². The molecule has 1 aliphatic rings. The first-order valence-electron chi connectivity index (χ1n) is 7.38. The maximum absolute atomic E-state index is 12.7. The molecule has 2 rings (SSSR count). The van der Waals surface area contributed by atoms with Gasteiger partial charge in [-0.2, -0.15) is 0 Å². The van der Waals surface area contributed by atoms with Crippen molar-refractivity contribution in [1.29, 1.82) is 0 Å². The van der Waals surface area contributed by atoms with Crippen LogP contribution in [0.15, 0.2) is 30.3 Å². The fourth-order valence-corrected chi connectivity index (χ4v) is 3.72. The number of carbonyl (C=O) groups excluding carboxylic acids is 2. The second-order valence-corrected chi connectivity index (χ2v) is 6.39. The van der Waals surface area contributed by atoms with Crippen LogP contribution in [0.25, 0.3) is 0 Å². The van der Waals surface area contributed by atoms with Gasteiger partial charge in [0.15, 0.2) is 0 Å². The normalized spacial score (nSPS) is 17.1. The monoisotopic (exact) mass is 336 g/mol. The van der Waals surface area contributed by atoms with E-state index in [0.29, 0.717) is 24.6 Å². The molecule has 0 aromatic heterocycles. The van der Waals surface area contributed by atoms with Crippen LogP contribution in [0, 0.1) is 0 Å². The van der Waals surface area contributed by atoms with Crippen molar-refractivity contribution in [1.82, 2.24) is 9.80 Å². The Bertz CT molecular complexity index is 579. The van der Waals surface area contributed by atoms with Crippen LogP contribution in [0.4, 0.5) is 0 Å². The fraction of sp³-hybridized carbons (Fsp3) is 0.438. The zero-order valence-electron chi connectivity index (χ0n) is 13.0. The summed E-state index contributed by atoms with van der Waals surface area (Å²) in [6.07, 6.45) is 0.583. The lowest BCUT2D eigenvalue weighted by Crippen LogP contribution is -2.50. The second-order valence-electron chi connectivity index (χ2n) is 5.39. The van der Waals surface area contributed by atoms with E-state index in [1.165, 1.54) is 28.5 Å². The molecule has 23 heavy (non-hydrogen) atoms. The highest BCUT2D eigenvalue weighted by molar-refractivity contribution is 7.99.